The van der Waals surface area contributed by atoms with Crippen LogP contribution in [0.3, 0.4) is 0 Å². The van der Waals surface area contributed by atoms with Crippen LogP contribution < -0.4 is 0 Å². The van der Waals surface area contributed by atoms with Crippen molar-refractivity contribution in [1.82, 2.24) is 4.90 Å². The van der Waals surface area contributed by atoms with Gasteiger partial charge in [-0.1, -0.05) is 18.2 Å². The first-order valence-electron chi connectivity index (χ1n) is 6.56. The van der Waals surface area contributed by atoms with E-state index in [1.165, 1.54) is 0 Å². The predicted octanol–water partition coefficient (Wildman–Crippen LogP) is 2.24. The lowest BCUT2D eigenvalue weighted by atomic mass is 10.0. The van der Waals surface area contributed by atoms with Crippen LogP contribution in [0.15, 0.2) is 18.2 Å². The molecule has 4 nitrogen and oxygen atoms in total. The number of benzene rings is 1. The number of hydrogen-bond acceptors (Lipinski definition) is 2. The summed E-state index contributed by atoms with van der Waals surface area (Å²) < 4.78 is 0. The van der Waals surface area contributed by atoms with Crippen LogP contribution in [0.25, 0.3) is 0 Å². The van der Waals surface area contributed by atoms with Crippen molar-refractivity contribution in [2.75, 3.05) is 13.1 Å². The summed E-state index contributed by atoms with van der Waals surface area (Å²) in [5, 5.41) is 8.80. The van der Waals surface area contributed by atoms with Gasteiger partial charge < -0.3 is 10.0 Å². The predicted molar refractivity (Wildman–Crippen MR) is 72.2 cm³/mol. The summed E-state index contributed by atoms with van der Waals surface area (Å²) in [6, 6.07) is 5.81. The number of hydrogen-bond donors (Lipinski definition) is 1. The fraction of sp³-hybridized carbons (Fsp3) is 0.467. The Balaban J connectivity index is 2.11. The molecule has 2 rings (SSSR count). The van der Waals surface area contributed by atoms with Crippen molar-refractivity contribution in [3.63, 3.8) is 0 Å². The van der Waals surface area contributed by atoms with Gasteiger partial charge in [0.15, 0.2) is 0 Å². The van der Waals surface area contributed by atoms with E-state index >= 15 is 0 Å². The average molecular weight is 261 g/mol. The van der Waals surface area contributed by atoms with Gasteiger partial charge in [0, 0.05) is 25.1 Å². The molecule has 0 bridgehead atoms. The van der Waals surface area contributed by atoms with E-state index in [-0.39, 0.29) is 18.2 Å². The molecular weight excluding hydrogens is 242 g/mol. The van der Waals surface area contributed by atoms with E-state index in [1.807, 2.05) is 32.0 Å². The van der Waals surface area contributed by atoms with E-state index in [2.05, 4.69) is 0 Å². The third-order valence-electron chi connectivity index (χ3n) is 3.73. The number of amides is 1. The van der Waals surface area contributed by atoms with Gasteiger partial charge in [-0.2, -0.15) is 0 Å². The first-order valence-corrected chi connectivity index (χ1v) is 6.56. The second kappa shape index (κ2) is 5.43. The van der Waals surface area contributed by atoms with Gasteiger partial charge in [0.1, 0.15) is 0 Å². The van der Waals surface area contributed by atoms with Gasteiger partial charge in [-0.15, -0.1) is 0 Å². The molecule has 1 aromatic carbocycles. The SMILES string of the molecule is Cc1cccc(C)c1C(=O)N1CCC(CC(=O)O)C1. The monoisotopic (exact) mass is 261 g/mol. The zero-order chi connectivity index (χ0) is 14.0. The van der Waals surface area contributed by atoms with Crippen LogP contribution in [-0.2, 0) is 4.79 Å². The third-order valence-corrected chi connectivity index (χ3v) is 3.73. The number of nitrogens with zero attached hydrogens (tertiary/aromatic N) is 1. The van der Waals surface area contributed by atoms with Crippen LogP contribution in [0.1, 0.15) is 34.3 Å². The molecule has 1 atom stereocenters. The van der Waals surface area contributed by atoms with Gasteiger partial charge in [0.2, 0.25) is 0 Å². The highest BCUT2D eigenvalue weighted by Crippen LogP contribution is 2.23. The summed E-state index contributed by atoms with van der Waals surface area (Å²) >= 11 is 0. The van der Waals surface area contributed by atoms with Crippen LogP contribution in [0.5, 0.6) is 0 Å². The summed E-state index contributed by atoms with van der Waals surface area (Å²) in [5.74, 6) is -0.666. The molecule has 1 N–H and O–H groups in total. The van der Waals surface area contributed by atoms with Crippen LogP contribution in [0.4, 0.5) is 0 Å². The Kier molecular flexibility index (Phi) is 3.88. The number of carbonyl (C=O) groups excluding carboxylic acids is 1. The van der Waals surface area contributed by atoms with Crippen molar-refractivity contribution in [2.24, 2.45) is 5.92 Å². The zero-order valence-corrected chi connectivity index (χ0v) is 11.3. The molecule has 1 unspecified atom stereocenters. The van der Waals surface area contributed by atoms with E-state index in [1.54, 1.807) is 4.90 Å². The second-order valence-corrected chi connectivity index (χ2v) is 5.27. The van der Waals surface area contributed by atoms with Gasteiger partial charge in [-0.05, 0) is 37.3 Å². The molecule has 1 aliphatic rings. The van der Waals surface area contributed by atoms with E-state index < -0.39 is 5.97 Å². The molecule has 0 saturated carbocycles. The van der Waals surface area contributed by atoms with Crippen molar-refractivity contribution >= 4 is 11.9 Å². The smallest absolute Gasteiger partial charge is 0.303 e. The van der Waals surface area contributed by atoms with E-state index in [4.69, 9.17) is 5.11 Å². The van der Waals surface area contributed by atoms with E-state index in [9.17, 15) is 9.59 Å². The highest BCUT2D eigenvalue weighted by molar-refractivity contribution is 5.97. The molecule has 1 amide bonds. The van der Waals surface area contributed by atoms with Crippen LogP contribution in [0, 0.1) is 19.8 Å². The van der Waals surface area contributed by atoms with Crippen LogP contribution in [0.2, 0.25) is 0 Å². The summed E-state index contributed by atoms with van der Waals surface area (Å²) in [6.45, 7) is 5.08. The number of carboxylic acid groups (broad SMARTS) is 1. The van der Waals surface area contributed by atoms with E-state index in [0.29, 0.717) is 13.1 Å². The number of rotatable bonds is 3. The summed E-state index contributed by atoms with van der Waals surface area (Å²) in [6.07, 6.45) is 0.930. The Morgan fingerprint density at radius 2 is 1.95 bits per heavy atom. The number of likely N-dealkylation sites (tertiary alicyclic amines) is 1. The van der Waals surface area contributed by atoms with Gasteiger partial charge in [-0.3, -0.25) is 9.59 Å². The first kappa shape index (κ1) is 13.6. The summed E-state index contributed by atoms with van der Waals surface area (Å²) in [4.78, 5) is 25.0. The number of carboxylic acids is 1. The minimum absolute atomic E-state index is 0.0310. The van der Waals surface area contributed by atoms with Gasteiger partial charge in [-0.25, -0.2) is 0 Å². The highest BCUT2D eigenvalue weighted by atomic mass is 16.4. The lowest BCUT2D eigenvalue weighted by Crippen LogP contribution is -2.30. The van der Waals surface area contributed by atoms with Crippen molar-refractivity contribution in [3.05, 3.63) is 34.9 Å². The Morgan fingerprint density at radius 1 is 1.32 bits per heavy atom. The number of aryl methyl sites for hydroxylation is 2. The normalized spacial score (nSPS) is 18.6. The largest absolute Gasteiger partial charge is 0.481 e. The molecule has 0 aromatic heterocycles. The maximum atomic E-state index is 12.5. The molecule has 0 spiro atoms. The quantitative estimate of drug-likeness (QED) is 0.907. The molecule has 1 saturated heterocycles. The summed E-state index contributed by atoms with van der Waals surface area (Å²) in [5.41, 5.74) is 2.72. The maximum Gasteiger partial charge on any atom is 0.303 e. The third kappa shape index (κ3) is 2.95. The molecular formula is C15H19NO3. The Bertz CT molecular complexity index is 490. The fourth-order valence-electron chi connectivity index (χ4n) is 2.74. The molecule has 4 heteroatoms. The lowest BCUT2D eigenvalue weighted by Gasteiger charge is -2.19. The Labute approximate surface area is 113 Å². The molecule has 1 aromatic rings. The molecule has 102 valence electrons. The average Bonchev–Trinajstić information content (AvgIpc) is 2.76. The topological polar surface area (TPSA) is 57.6 Å². The maximum absolute atomic E-state index is 12.5. The first-order chi connectivity index (χ1) is 8.99. The van der Waals surface area contributed by atoms with Crippen molar-refractivity contribution in [1.29, 1.82) is 0 Å². The molecule has 1 aliphatic heterocycles. The molecule has 19 heavy (non-hydrogen) atoms. The van der Waals surface area contributed by atoms with Gasteiger partial charge >= 0.3 is 5.97 Å². The lowest BCUT2D eigenvalue weighted by molar-refractivity contribution is -0.138. The van der Waals surface area contributed by atoms with Crippen LogP contribution >= 0.6 is 0 Å². The zero-order valence-electron chi connectivity index (χ0n) is 11.3. The van der Waals surface area contributed by atoms with E-state index in [0.717, 1.165) is 23.1 Å². The Morgan fingerprint density at radius 3 is 2.53 bits per heavy atom. The Hall–Kier alpha value is -1.84. The molecule has 0 aliphatic carbocycles. The minimum atomic E-state index is -0.786. The highest BCUT2D eigenvalue weighted by Gasteiger charge is 2.29. The van der Waals surface area contributed by atoms with Crippen LogP contribution in [-0.4, -0.2) is 35.0 Å². The molecule has 0 radical (unpaired) electrons. The fourth-order valence-corrected chi connectivity index (χ4v) is 2.74. The van der Waals surface area contributed by atoms with Crippen molar-refractivity contribution < 1.29 is 14.7 Å². The number of aliphatic carboxylic acids is 1. The van der Waals surface area contributed by atoms with Crippen molar-refractivity contribution in [2.45, 2.75) is 26.7 Å². The van der Waals surface area contributed by atoms with Gasteiger partial charge in [0.25, 0.3) is 5.91 Å². The molecule has 1 fully saturated rings. The standard InChI is InChI=1S/C15H19NO3/c1-10-4-3-5-11(2)14(10)15(19)16-7-6-12(9-16)8-13(17)18/h3-5,12H,6-9H2,1-2H3,(H,17,18). The minimum Gasteiger partial charge on any atom is -0.481 e. The second-order valence-electron chi connectivity index (χ2n) is 5.27. The summed E-state index contributed by atoms with van der Waals surface area (Å²) in [7, 11) is 0. The van der Waals surface area contributed by atoms with Gasteiger partial charge in [0.05, 0.1) is 0 Å². The van der Waals surface area contributed by atoms with Crippen molar-refractivity contribution in [3.8, 4) is 0 Å². The molecule has 1 heterocycles. The number of carbonyl (C=O) groups is 2.